The molecular weight excluding hydrogens is 370 g/mol. The molecule has 1 aliphatic carbocycles. The van der Waals surface area contributed by atoms with E-state index < -0.39 is 30.8 Å². The summed E-state index contributed by atoms with van der Waals surface area (Å²) in [4.78, 5) is 28.9. The van der Waals surface area contributed by atoms with Crippen molar-refractivity contribution in [1.29, 1.82) is 0 Å². The molecule has 1 fully saturated rings. The number of carbonyl (C=O) groups excluding carboxylic acids is 1. The molecule has 1 aliphatic rings. The third-order valence-electron chi connectivity index (χ3n) is 4.73. The Morgan fingerprint density at radius 1 is 1.36 bits per heavy atom. The average Bonchev–Trinajstić information content (AvgIpc) is 3.36. The van der Waals surface area contributed by atoms with Crippen molar-refractivity contribution < 1.29 is 23.5 Å². The molecule has 152 valence electrons. The van der Waals surface area contributed by atoms with Crippen molar-refractivity contribution in [3.8, 4) is 0 Å². The van der Waals surface area contributed by atoms with Crippen LogP contribution < -0.4 is 5.32 Å². The van der Waals surface area contributed by atoms with E-state index in [1.165, 1.54) is 0 Å². The molecule has 1 saturated carbocycles. The van der Waals surface area contributed by atoms with Gasteiger partial charge in [-0.05, 0) is 46.6 Å². The first-order valence-corrected chi connectivity index (χ1v) is 9.21. The Morgan fingerprint density at radius 2 is 2.00 bits per heavy atom. The summed E-state index contributed by atoms with van der Waals surface area (Å²) < 4.78 is 27.1. The van der Waals surface area contributed by atoms with E-state index in [4.69, 9.17) is 4.98 Å². The molecule has 0 bridgehead atoms. The van der Waals surface area contributed by atoms with E-state index in [1.807, 2.05) is 20.8 Å². The molecule has 7 nitrogen and oxygen atoms in total. The van der Waals surface area contributed by atoms with Gasteiger partial charge in [-0.25, -0.2) is 23.2 Å². The van der Waals surface area contributed by atoms with Gasteiger partial charge in [0, 0.05) is 18.0 Å². The van der Waals surface area contributed by atoms with Crippen molar-refractivity contribution in [3.05, 3.63) is 23.0 Å². The Hall–Kier alpha value is -2.58. The maximum absolute atomic E-state index is 12.9. The van der Waals surface area contributed by atoms with Crippen LogP contribution in [0.15, 0.2) is 6.07 Å². The predicted octanol–water partition coefficient (Wildman–Crippen LogP) is 3.21. The monoisotopic (exact) mass is 394 g/mol. The standard InChI is InChI=1S/C19H24F2N4O3/c1-9-15-11(17(26)23-13(18(27)28)8-14(20)21)7-12(10-5-6-10)22-16(15)25(24-9)19(2,3)4/h7,10,13-14H,5-6,8H2,1-4H3,(H,23,26)(H,27,28). The van der Waals surface area contributed by atoms with Crippen LogP contribution in [0.1, 0.15) is 67.7 Å². The number of carboxylic acid groups (broad SMARTS) is 1. The molecule has 3 rings (SSSR count). The zero-order chi connectivity index (χ0) is 20.8. The summed E-state index contributed by atoms with van der Waals surface area (Å²) in [6.45, 7) is 7.64. The first-order valence-electron chi connectivity index (χ1n) is 9.21. The molecule has 28 heavy (non-hydrogen) atoms. The number of rotatable bonds is 6. The minimum absolute atomic E-state index is 0.223. The molecule has 0 spiro atoms. The number of hydrogen-bond acceptors (Lipinski definition) is 4. The number of nitrogens with zero attached hydrogens (tertiary/aromatic N) is 3. The molecule has 0 aliphatic heterocycles. The Morgan fingerprint density at radius 3 is 2.50 bits per heavy atom. The van der Waals surface area contributed by atoms with Crippen LogP contribution in [0.3, 0.4) is 0 Å². The van der Waals surface area contributed by atoms with E-state index in [-0.39, 0.29) is 17.0 Å². The lowest BCUT2D eigenvalue weighted by molar-refractivity contribution is -0.140. The molecule has 2 aromatic rings. The van der Waals surface area contributed by atoms with Crippen molar-refractivity contribution in [2.75, 3.05) is 0 Å². The molecule has 0 aromatic carbocycles. The zero-order valence-corrected chi connectivity index (χ0v) is 16.3. The van der Waals surface area contributed by atoms with Crippen molar-refractivity contribution in [2.24, 2.45) is 0 Å². The van der Waals surface area contributed by atoms with Crippen molar-refractivity contribution in [2.45, 2.75) is 70.9 Å². The van der Waals surface area contributed by atoms with Gasteiger partial charge in [0.1, 0.15) is 6.04 Å². The van der Waals surface area contributed by atoms with Gasteiger partial charge in [-0.3, -0.25) is 4.79 Å². The minimum atomic E-state index is -2.84. The number of carbonyl (C=O) groups is 2. The van der Waals surface area contributed by atoms with Gasteiger partial charge in [-0.2, -0.15) is 5.10 Å². The fraction of sp³-hybridized carbons (Fsp3) is 0.579. The van der Waals surface area contributed by atoms with E-state index in [2.05, 4.69) is 10.4 Å². The van der Waals surface area contributed by atoms with Gasteiger partial charge in [0.05, 0.1) is 22.2 Å². The number of halogens is 2. The van der Waals surface area contributed by atoms with Crippen LogP contribution in [0.5, 0.6) is 0 Å². The van der Waals surface area contributed by atoms with E-state index in [1.54, 1.807) is 17.7 Å². The number of pyridine rings is 1. The summed E-state index contributed by atoms with van der Waals surface area (Å²) in [5.74, 6) is -1.96. The highest BCUT2D eigenvalue weighted by molar-refractivity contribution is 6.07. The molecule has 0 saturated heterocycles. The third-order valence-corrected chi connectivity index (χ3v) is 4.73. The topological polar surface area (TPSA) is 97.1 Å². The second-order valence-electron chi connectivity index (χ2n) is 8.23. The predicted molar refractivity (Wildman–Crippen MR) is 98.7 cm³/mol. The fourth-order valence-corrected chi connectivity index (χ4v) is 3.18. The number of aliphatic carboxylic acids is 1. The number of aromatic nitrogens is 3. The smallest absolute Gasteiger partial charge is 0.326 e. The van der Waals surface area contributed by atoms with Gasteiger partial charge < -0.3 is 10.4 Å². The second kappa shape index (κ2) is 7.10. The number of hydrogen-bond donors (Lipinski definition) is 2. The van der Waals surface area contributed by atoms with Gasteiger partial charge in [-0.15, -0.1) is 0 Å². The fourth-order valence-electron chi connectivity index (χ4n) is 3.18. The maximum Gasteiger partial charge on any atom is 0.326 e. The number of fused-ring (bicyclic) bond motifs is 1. The molecule has 9 heteroatoms. The largest absolute Gasteiger partial charge is 0.480 e. The summed E-state index contributed by atoms with van der Waals surface area (Å²) >= 11 is 0. The lowest BCUT2D eigenvalue weighted by Gasteiger charge is -2.20. The van der Waals surface area contributed by atoms with Crippen LogP contribution >= 0.6 is 0 Å². The summed E-state index contributed by atoms with van der Waals surface area (Å²) in [5, 5.41) is 16.4. The average molecular weight is 394 g/mol. The summed E-state index contributed by atoms with van der Waals surface area (Å²) in [5.41, 5.74) is 1.70. The van der Waals surface area contributed by atoms with E-state index in [0.717, 1.165) is 18.5 Å². The summed E-state index contributed by atoms with van der Waals surface area (Å²) in [7, 11) is 0. The highest BCUT2D eigenvalue weighted by Gasteiger charge is 2.32. The van der Waals surface area contributed by atoms with Crippen LogP contribution in [-0.2, 0) is 10.3 Å². The van der Waals surface area contributed by atoms with Crippen LogP contribution in [0.4, 0.5) is 8.78 Å². The molecule has 2 N–H and O–H groups in total. The van der Waals surface area contributed by atoms with Crippen LogP contribution in [0.2, 0.25) is 0 Å². The van der Waals surface area contributed by atoms with E-state index >= 15 is 0 Å². The molecule has 2 heterocycles. The van der Waals surface area contributed by atoms with Crippen molar-refractivity contribution in [1.82, 2.24) is 20.1 Å². The zero-order valence-electron chi connectivity index (χ0n) is 16.3. The summed E-state index contributed by atoms with van der Waals surface area (Å²) in [6, 6.07) is -0.0313. The SMILES string of the molecule is Cc1nn(C(C)(C)C)c2nc(C3CC3)cc(C(=O)NC(CC(F)F)C(=O)O)c12. The normalized spacial score (nSPS) is 15.8. The number of amides is 1. The molecular formula is C19H24F2N4O3. The van der Waals surface area contributed by atoms with Gasteiger partial charge in [-0.1, -0.05) is 0 Å². The second-order valence-corrected chi connectivity index (χ2v) is 8.23. The van der Waals surface area contributed by atoms with Crippen molar-refractivity contribution >= 4 is 22.9 Å². The summed E-state index contributed by atoms with van der Waals surface area (Å²) in [6.07, 6.45) is -1.87. The molecule has 1 atom stereocenters. The highest BCUT2D eigenvalue weighted by Crippen LogP contribution is 2.41. The number of alkyl halides is 2. The van der Waals surface area contributed by atoms with Crippen molar-refractivity contribution in [3.63, 3.8) is 0 Å². The Kier molecular flexibility index (Phi) is 5.12. The molecule has 1 unspecified atom stereocenters. The van der Waals surface area contributed by atoms with Gasteiger partial charge in [0.25, 0.3) is 5.91 Å². The lowest BCUT2D eigenvalue weighted by atomic mass is 10.1. The van der Waals surface area contributed by atoms with Gasteiger partial charge in [0.15, 0.2) is 5.65 Å². The molecule has 0 radical (unpaired) electrons. The van der Waals surface area contributed by atoms with Crippen LogP contribution in [0.25, 0.3) is 11.0 Å². The minimum Gasteiger partial charge on any atom is -0.480 e. The Bertz CT molecular complexity index is 929. The molecule has 1 amide bonds. The van der Waals surface area contributed by atoms with Gasteiger partial charge >= 0.3 is 5.97 Å². The quantitative estimate of drug-likeness (QED) is 0.784. The third kappa shape index (κ3) is 3.98. The van der Waals surface area contributed by atoms with E-state index in [0.29, 0.717) is 16.7 Å². The number of carboxylic acids is 1. The number of aryl methyl sites for hydroxylation is 1. The van der Waals surface area contributed by atoms with Gasteiger partial charge in [0.2, 0.25) is 6.43 Å². The highest BCUT2D eigenvalue weighted by atomic mass is 19.3. The first-order chi connectivity index (χ1) is 13.0. The number of nitrogens with one attached hydrogen (secondary N) is 1. The van der Waals surface area contributed by atoms with Crippen LogP contribution in [-0.4, -0.2) is 44.2 Å². The van der Waals surface area contributed by atoms with Crippen LogP contribution in [0, 0.1) is 6.92 Å². The van der Waals surface area contributed by atoms with E-state index in [9.17, 15) is 23.5 Å². The Labute approximate surface area is 161 Å². The maximum atomic E-state index is 12.9. The Balaban J connectivity index is 2.10. The lowest BCUT2D eigenvalue weighted by Crippen LogP contribution is -2.42. The molecule has 2 aromatic heterocycles. The first kappa shape index (κ1) is 20.2.